The second-order valence-corrected chi connectivity index (χ2v) is 12.3. The van der Waals surface area contributed by atoms with Gasteiger partial charge in [-0.05, 0) is 44.4 Å². The van der Waals surface area contributed by atoms with Crippen LogP contribution in [0.25, 0.3) is 0 Å². The summed E-state index contributed by atoms with van der Waals surface area (Å²) in [4.78, 5) is 71.1. The third kappa shape index (κ3) is 20.2. The highest BCUT2D eigenvalue weighted by molar-refractivity contribution is 7.81. The van der Waals surface area contributed by atoms with E-state index in [1.54, 1.807) is 13.8 Å². The summed E-state index contributed by atoms with van der Waals surface area (Å²) in [7, 11) is 0. The quantitative estimate of drug-likeness (QED) is 0.0499. The number of carbonyl (C=O) groups is 6. The minimum atomic E-state index is -1.22. The van der Waals surface area contributed by atoms with Gasteiger partial charge in [-0.2, -0.15) is 12.6 Å². The van der Waals surface area contributed by atoms with E-state index in [1.165, 1.54) is 19.3 Å². The molecule has 0 saturated heterocycles. The average Bonchev–Trinajstić information content (AvgIpc) is 2.97. The maximum Gasteiger partial charge on any atom is 0.326 e. The first-order valence-corrected chi connectivity index (χ1v) is 16.5. The van der Waals surface area contributed by atoms with Crippen LogP contribution in [0.3, 0.4) is 0 Å². The van der Waals surface area contributed by atoms with Crippen LogP contribution in [0.4, 0.5) is 4.79 Å². The second kappa shape index (κ2) is 25.5. The molecule has 2 unspecified atom stereocenters. The average molecular weight is 646 g/mol. The third-order valence-corrected chi connectivity index (χ3v) is 8.41. The molecule has 0 aliphatic rings. The monoisotopic (exact) mass is 645 g/mol. The van der Waals surface area contributed by atoms with Crippen molar-refractivity contribution in [3.8, 4) is 0 Å². The van der Waals surface area contributed by atoms with Gasteiger partial charge >= 0.3 is 12.0 Å². The number of nitrogens with two attached hydrogens (primary N) is 1. The highest BCUT2D eigenvalue weighted by Gasteiger charge is 2.33. The van der Waals surface area contributed by atoms with Gasteiger partial charge < -0.3 is 36.9 Å². The molecular formula is C31H59N5O7S. The van der Waals surface area contributed by atoms with E-state index in [1.807, 2.05) is 13.8 Å². The van der Waals surface area contributed by atoms with Crippen molar-refractivity contribution in [2.24, 2.45) is 17.6 Å². The minimum absolute atomic E-state index is 0.0825. The Balaban J connectivity index is 0. The molecule has 256 valence electrons. The molecule has 13 heteroatoms. The highest BCUT2D eigenvalue weighted by Crippen LogP contribution is 2.33. The third-order valence-electron chi connectivity index (χ3n) is 7.44. The maximum absolute atomic E-state index is 12.7. The van der Waals surface area contributed by atoms with Crippen LogP contribution in [0.5, 0.6) is 0 Å². The number of carboxylic acids is 1. The molecule has 0 aliphatic heterocycles. The molecule has 3 atom stereocenters. The number of rotatable bonds is 23. The first-order valence-electron chi connectivity index (χ1n) is 16.0. The van der Waals surface area contributed by atoms with Gasteiger partial charge in [0.15, 0.2) is 0 Å². The standard InChI is InChI=1S/C26H47N5O7S.C5H12/c1-5-26(39,6-2)18(16-32)15-21(34)28-13-9-7-8-12-20(33)31-22(17(3)4)23(35)30-19(24(36)37)11-10-14-29-25(27)38;1-3-5-4-2/h16-19,22,39H,5-15H2,1-4H3,(H,28,34)(H,30,35)(H,31,33)(H,36,37)(H3,27,29,38);3-5H2,1-2H3/t18?,19-,22?;/m0./s1. The van der Waals surface area contributed by atoms with Crippen molar-refractivity contribution in [2.75, 3.05) is 13.1 Å². The van der Waals surface area contributed by atoms with Crippen molar-refractivity contribution in [1.82, 2.24) is 21.3 Å². The molecule has 12 nitrogen and oxygen atoms in total. The summed E-state index contributed by atoms with van der Waals surface area (Å²) in [6, 6.07) is -2.79. The molecule has 0 saturated carbocycles. The normalized spacial score (nSPS) is 13.0. The zero-order chi connectivity index (χ0) is 34.1. The van der Waals surface area contributed by atoms with Crippen LogP contribution < -0.4 is 27.0 Å². The Morgan fingerprint density at radius 2 is 1.43 bits per heavy atom. The van der Waals surface area contributed by atoms with E-state index in [9.17, 15) is 33.9 Å². The number of amides is 5. The predicted molar refractivity (Wildman–Crippen MR) is 176 cm³/mol. The molecule has 0 aromatic carbocycles. The number of thiol groups is 1. The molecule has 44 heavy (non-hydrogen) atoms. The first-order chi connectivity index (χ1) is 20.7. The maximum atomic E-state index is 12.7. The van der Waals surface area contributed by atoms with E-state index >= 15 is 0 Å². The molecule has 0 aromatic rings. The van der Waals surface area contributed by atoms with Crippen LogP contribution in [0.2, 0.25) is 0 Å². The lowest BCUT2D eigenvalue weighted by atomic mass is 9.85. The Bertz CT molecular complexity index is 866. The lowest BCUT2D eigenvalue weighted by Gasteiger charge is -2.31. The summed E-state index contributed by atoms with van der Waals surface area (Å²) >= 11 is 4.60. The van der Waals surface area contributed by atoms with E-state index in [4.69, 9.17) is 5.73 Å². The van der Waals surface area contributed by atoms with Crippen molar-refractivity contribution in [3.05, 3.63) is 0 Å². The molecule has 7 N–H and O–H groups in total. The molecule has 0 rings (SSSR count). The van der Waals surface area contributed by atoms with Gasteiger partial charge in [-0.3, -0.25) is 14.4 Å². The summed E-state index contributed by atoms with van der Waals surface area (Å²) < 4.78 is -0.505. The Morgan fingerprint density at radius 3 is 1.89 bits per heavy atom. The van der Waals surface area contributed by atoms with Crippen LogP contribution in [0, 0.1) is 11.8 Å². The van der Waals surface area contributed by atoms with Crippen molar-refractivity contribution in [2.45, 2.75) is 135 Å². The SMILES string of the molecule is CCC(S)(CC)C(C=O)CC(=O)NCCCCCC(=O)NC(C(=O)N[C@@H](CCCNC(N)=O)C(=O)O)C(C)C.CCCCC. The van der Waals surface area contributed by atoms with Crippen molar-refractivity contribution in [3.63, 3.8) is 0 Å². The molecule has 0 fully saturated rings. The molecular weight excluding hydrogens is 586 g/mol. The van der Waals surface area contributed by atoms with Crippen LogP contribution in [0.15, 0.2) is 0 Å². The van der Waals surface area contributed by atoms with E-state index in [0.29, 0.717) is 45.1 Å². The van der Waals surface area contributed by atoms with Gasteiger partial charge in [0.1, 0.15) is 18.4 Å². The summed E-state index contributed by atoms with van der Waals surface area (Å²) in [6.07, 6.45) is 8.74. The van der Waals surface area contributed by atoms with Gasteiger partial charge in [0, 0.05) is 36.6 Å². The fourth-order valence-electron chi connectivity index (χ4n) is 4.40. The largest absolute Gasteiger partial charge is 0.480 e. The molecule has 5 amide bonds. The summed E-state index contributed by atoms with van der Waals surface area (Å²) in [5, 5.41) is 19.7. The zero-order valence-corrected chi connectivity index (χ0v) is 28.6. The van der Waals surface area contributed by atoms with Crippen LogP contribution in [-0.2, 0) is 24.0 Å². The molecule has 0 radical (unpaired) electrons. The topological polar surface area (TPSA) is 197 Å². The lowest BCUT2D eigenvalue weighted by Crippen LogP contribution is -2.53. The fourth-order valence-corrected chi connectivity index (χ4v) is 4.55. The van der Waals surface area contributed by atoms with Crippen LogP contribution in [0.1, 0.15) is 119 Å². The second-order valence-electron chi connectivity index (χ2n) is 11.4. The molecule has 0 spiro atoms. The van der Waals surface area contributed by atoms with E-state index in [-0.39, 0.29) is 43.5 Å². The highest BCUT2D eigenvalue weighted by atomic mass is 32.1. The van der Waals surface area contributed by atoms with Gasteiger partial charge in [0.2, 0.25) is 17.7 Å². The fraction of sp³-hybridized carbons (Fsp3) is 0.806. The minimum Gasteiger partial charge on any atom is -0.480 e. The van der Waals surface area contributed by atoms with Crippen LogP contribution in [-0.4, -0.2) is 71.0 Å². The number of nitrogens with one attached hydrogen (secondary N) is 4. The van der Waals surface area contributed by atoms with Gasteiger partial charge in [0.25, 0.3) is 0 Å². The number of carbonyl (C=O) groups excluding carboxylic acids is 5. The zero-order valence-electron chi connectivity index (χ0n) is 27.7. The number of aliphatic carboxylic acids is 1. The number of primary amides is 1. The van der Waals surface area contributed by atoms with Gasteiger partial charge in [0.05, 0.1) is 0 Å². The molecule has 0 aromatic heterocycles. The summed E-state index contributed by atoms with van der Waals surface area (Å²) in [6.45, 7) is 12.4. The number of carboxylic acid groups (broad SMARTS) is 1. The van der Waals surface area contributed by atoms with E-state index in [0.717, 1.165) is 6.29 Å². The molecule has 0 bridgehead atoms. The van der Waals surface area contributed by atoms with Gasteiger partial charge in [-0.15, -0.1) is 0 Å². The van der Waals surface area contributed by atoms with E-state index < -0.39 is 40.7 Å². The van der Waals surface area contributed by atoms with Crippen molar-refractivity contribution in [1.29, 1.82) is 0 Å². The van der Waals surface area contributed by atoms with Gasteiger partial charge in [-0.25, -0.2) is 9.59 Å². The Hall–Kier alpha value is -2.83. The number of hydrogen-bond acceptors (Lipinski definition) is 7. The van der Waals surface area contributed by atoms with E-state index in [2.05, 4.69) is 47.7 Å². The smallest absolute Gasteiger partial charge is 0.326 e. The number of urea groups is 1. The summed E-state index contributed by atoms with van der Waals surface area (Å²) in [5.74, 6) is -3.09. The Labute approximate surface area is 269 Å². The first kappa shape index (κ1) is 43.3. The lowest BCUT2D eigenvalue weighted by molar-refractivity contribution is -0.142. The Morgan fingerprint density at radius 1 is 0.841 bits per heavy atom. The number of aldehydes is 1. The van der Waals surface area contributed by atoms with Crippen molar-refractivity contribution >= 4 is 48.6 Å². The van der Waals surface area contributed by atoms with Gasteiger partial charge in [-0.1, -0.05) is 67.2 Å². The predicted octanol–water partition coefficient (Wildman–Crippen LogP) is 3.71. The Kier molecular flexibility index (Phi) is 25.1. The number of unbranched alkanes of at least 4 members (excludes halogenated alkanes) is 4. The summed E-state index contributed by atoms with van der Waals surface area (Å²) in [5.41, 5.74) is 4.98. The number of hydrogen-bond donors (Lipinski definition) is 7. The van der Waals surface area contributed by atoms with Crippen LogP contribution >= 0.6 is 12.6 Å². The van der Waals surface area contributed by atoms with Crippen molar-refractivity contribution < 1.29 is 33.9 Å². The molecule has 0 aliphatic carbocycles. The molecule has 0 heterocycles.